The van der Waals surface area contributed by atoms with Crippen LogP contribution in [0.4, 0.5) is 0 Å². The average molecular weight is 232 g/mol. The third kappa shape index (κ3) is 2.50. The van der Waals surface area contributed by atoms with Gasteiger partial charge < -0.3 is 0 Å². The van der Waals surface area contributed by atoms with E-state index in [0.29, 0.717) is 5.02 Å². The van der Waals surface area contributed by atoms with E-state index < -0.39 is 0 Å². The molecule has 3 heteroatoms. The van der Waals surface area contributed by atoms with Crippen molar-refractivity contribution >= 4 is 23.5 Å². The number of rotatable bonds is 3. The van der Waals surface area contributed by atoms with E-state index in [0.717, 1.165) is 18.4 Å². The zero-order valence-electron chi connectivity index (χ0n) is 8.61. The van der Waals surface area contributed by atoms with Crippen LogP contribution < -0.4 is 0 Å². The Morgan fingerprint density at radius 2 is 2.25 bits per heavy atom. The largest absolute Gasteiger partial charge is 0.293 e. The van der Waals surface area contributed by atoms with E-state index in [-0.39, 0.29) is 17.3 Å². The van der Waals surface area contributed by atoms with Crippen molar-refractivity contribution in [1.29, 1.82) is 5.26 Å². The summed E-state index contributed by atoms with van der Waals surface area (Å²) in [5.41, 5.74) is 1.02. The predicted octanol–water partition coefficient (Wildman–Crippen LogP) is 3.23. The predicted molar refractivity (Wildman–Crippen MR) is 62.8 cm³/mol. The molecule has 0 N–H and O–H groups in total. The summed E-state index contributed by atoms with van der Waals surface area (Å²) in [5, 5.41) is 9.53. The maximum absolute atomic E-state index is 11.7. The third-order valence-corrected chi connectivity index (χ3v) is 2.73. The van der Waals surface area contributed by atoms with E-state index in [1.54, 1.807) is 24.3 Å². The molecule has 0 saturated heterocycles. The maximum atomic E-state index is 11.7. The van der Waals surface area contributed by atoms with Crippen LogP contribution in [0, 0.1) is 17.2 Å². The summed E-state index contributed by atoms with van der Waals surface area (Å²) in [5.74, 6) is 0.0348. The van der Waals surface area contributed by atoms with Crippen molar-refractivity contribution in [1.82, 2.24) is 0 Å². The van der Waals surface area contributed by atoms with E-state index in [1.807, 2.05) is 12.1 Å². The SMILES string of the molecule is N#C/C(=C/c1cccc(Cl)c1)C(=O)C1CC1. The Balaban J connectivity index is 2.27. The molecule has 1 aliphatic rings. The fourth-order valence-corrected chi connectivity index (χ4v) is 1.69. The molecule has 0 heterocycles. The third-order valence-electron chi connectivity index (χ3n) is 2.49. The van der Waals surface area contributed by atoms with Crippen LogP contribution in [0.2, 0.25) is 5.02 Å². The topological polar surface area (TPSA) is 40.9 Å². The van der Waals surface area contributed by atoms with E-state index in [2.05, 4.69) is 0 Å². The first-order valence-electron chi connectivity index (χ1n) is 5.12. The van der Waals surface area contributed by atoms with E-state index >= 15 is 0 Å². The molecule has 80 valence electrons. The smallest absolute Gasteiger partial charge is 0.176 e. The van der Waals surface area contributed by atoms with Crippen molar-refractivity contribution in [3.8, 4) is 6.07 Å². The minimum atomic E-state index is -0.0394. The van der Waals surface area contributed by atoms with Crippen LogP contribution in [0.5, 0.6) is 0 Å². The van der Waals surface area contributed by atoms with Crippen LogP contribution in [-0.2, 0) is 4.79 Å². The van der Waals surface area contributed by atoms with Crippen molar-refractivity contribution in [2.24, 2.45) is 5.92 Å². The van der Waals surface area contributed by atoms with Crippen molar-refractivity contribution in [2.75, 3.05) is 0 Å². The highest BCUT2D eigenvalue weighted by Crippen LogP contribution is 2.32. The summed E-state index contributed by atoms with van der Waals surface area (Å²) < 4.78 is 0. The fraction of sp³-hybridized carbons (Fsp3) is 0.231. The lowest BCUT2D eigenvalue weighted by Gasteiger charge is -1.97. The lowest BCUT2D eigenvalue weighted by atomic mass is 10.1. The summed E-state index contributed by atoms with van der Waals surface area (Å²) in [6, 6.07) is 9.07. The van der Waals surface area contributed by atoms with E-state index in [9.17, 15) is 4.79 Å². The van der Waals surface area contributed by atoms with Gasteiger partial charge in [0.2, 0.25) is 0 Å². The molecule has 2 rings (SSSR count). The molecular formula is C13H10ClNO. The number of benzene rings is 1. The molecule has 16 heavy (non-hydrogen) atoms. The first-order valence-corrected chi connectivity index (χ1v) is 5.50. The molecule has 0 radical (unpaired) electrons. The molecule has 0 bridgehead atoms. The number of carbonyl (C=O) groups is 1. The zero-order chi connectivity index (χ0) is 11.5. The van der Waals surface area contributed by atoms with Gasteiger partial charge in [0.25, 0.3) is 0 Å². The summed E-state index contributed by atoms with van der Waals surface area (Å²) in [6.07, 6.45) is 3.42. The first kappa shape index (κ1) is 10.9. The molecule has 1 aliphatic carbocycles. The highest BCUT2D eigenvalue weighted by Gasteiger charge is 2.31. The van der Waals surface area contributed by atoms with Crippen molar-refractivity contribution in [3.63, 3.8) is 0 Å². The molecule has 1 aromatic rings. The van der Waals surface area contributed by atoms with Gasteiger partial charge >= 0.3 is 0 Å². The monoisotopic (exact) mass is 231 g/mol. The molecular weight excluding hydrogens is 222 g/mol. The Kier molecular flexibility index (Phi) is 3.07. The number of nitrogens with zero attached hydrogens (tertiary/aromatic N) is 1. The Hall–Kier alpha value is -1.59. The molecule has 0 amide bonds. The Bertz CT molecular complexity index is 495. The minimum Gasteiger partial charge on any atom is -0.293 e. The van der Waals surface area contributed by atoms with Gasteiger partial charge in [0, 0.05) is 10.9 Å². The van der Waals surface area contributed by atoms with Gasteiger partial charge in [-0.15, -0.1) is 0 Å². The second kappa shape index (κ2) is 4.51. The number of halogens is 1. The van der Waals surface area contributed by atoms with Crippen LogP contribution in [-0.4, -0.2) is 5.78 Å². The Morgan fingerprint density at radius 3 is 2.81 bits per heavy atom. The molecule has 0 aliphatic heterocycles. The fourth-order valence-electron chi connectivity index (χ4n) is 1.49. The minimum absolute atomic E-state index is 0.0394. The number of allylic oxidation sites excluding steroid dienone is 1. The van der Waals surface area contributed by atoms with Gasteiger partial charge in [0.15, 0.2) is 5.78 Å². The number of nitriles is 1. The second-order valence-corrected chi connectivity index (χ2v) is 4.30. The van der Waals surface area contributed by atoms with Crippen LogP contribution in [0.1, 0.15) is 18.4 Å². The summed E-state index contributed by atoms with van der Waals surface area (Å²) in [6.45, 7) is 0. The van der Waals surface area contributed by atoms with Gasteiger partial charge in [0.05, 0.1) is 5.57 Å². The van der Waals surface area contributed by atoms with Crippen LogP contribution in [0.15, 0.2) is 29.8 Å². The van der Waals surface area contributed by atoms with Crippen molar-refractivity contribution in [2.45, 2.75) is 12.8 Å². The van der Waals surface area contributed by atoms with Gasteiger partial charge in [-0.25, -0.2) is 0 Å². The Labute approximate surface area is 99.1 Å². The second-order valence-electron chi connectivity index (χ2n) is 3.86. The molecule has 0 aromatic heterocycles. The zero-order valence-corrected chi connectivity index (χ0v) is 9.37. The first-order chi connectivity index (χ1) is 7.70. The van der Waals surface area contributed by atoms with Gasteiger partial charge in [-0.2, -0.15) is 5.26 Å². The number of ketones is 1. The van der Waals surface area contributed by atoms with Crippen LogP contribution in [0.25, 0.3) is 6.08 Å². The Morgan fingerprint density at radius 1 is 1.50 bits per heavy atom. The van der Waals surface area contributed by atoms with Crippen LogP contribution >= 0.6 is 11.6 Å². The number of hydrogen-bond acceptors (Lipinski definition) is 2. The number of carbonyl (C=O) groups excluding carboxylic acids is 1. The lowest BCUT2D eigenvalue weighted by Crippen LogP contribution is -2.02. The molecule has 0 spiro atoms. The van der Waals surface area contributed by atoms with Crippen LogP contribution in [0.3, 0.4) is 0 Å². The highest BCUT2D eigenvalue weighted by atomic mass is 35.5. The molecule has 2 nitrogen and oxygen atoms in total. The van der Waals surface area contributed by atoms with Gasteiger partial charge in [-0.05, 0) is 36.6 Å². The van der Waals surface area contributed by atoms with Gasteiger partial charge in [0.1, 0.15) is 6.07 Å². The summed E-state index contributed by atoms with van der Waals surface area (Å²) >= 11 is 5.83. The van der Waals surface area contributed by atoms with Crippen molar-refractivity contribution < 1.29 is 4.79 Å². The lowest BCUT2D eigenvalue weighted by molar-refractivity contribution is -0.116. The molecule has 0 unspecified atom stereocenters. The number of hydrogen-bond donors (Lipinski definition) is 0. The van der Waals surface area contributed by atoms with E-state index in [1.165, 1.54) is 0 Å². The number of Topliss-reactive ketones (excluding diaryl/α,β-unsaturated/α-hetero) is 1. The molecule has 0 atom stereocenters. The van der Waals surface area contributed by atoms with Gasteiger partial charge in [-0.1, -0.05) is 23.7 Å². The van der Waals surface area contributed by atoms with Crippen molar-refractivity contribution in [3.05, 3.63) is 40.4 Å². The molecule has 1 aromatic carbocycles. The normalized spacial score (nSPS) is 15.6. The maximum Gasteiger partial charge on any atom is 0.176 e. The molecule has 1 fully saturated rings. The molecule has 1 saturated carbocycles. The van der Waals surface area contributed by atoms with Gasteiger partial charge in [-0.3, -0.25) is 4.79 Å². The summed E-state index contributed by atoms with van der Waals surface area (Å²) in [7, 11) is 0. The highest BCUT2D eigenvalue weighted by molar-refractivity contribution is 6.30. The average Bonchev–Trinajstić information content (AvgIpc) is 3.09. The summed E-state index contributed by atoms with van der Waals surface area (Å²) in [4.78, 5) is 11.7. The van der Waals surface area contributed by atoms with E-state index in [4.69, 9.17) is 16.9 Å². The quantitative estimate of drug-likeness (QED) is 0.592. The standard InChI is InChI=1S/C13H10ClNO/c14-12-3-1-2-9(7-12)6-11(8-15)13(16)10-4-5-10/h1-3,6-7,10H,4-5H2/b11-6-.